The molecule has 0 aliphatic carbocycles. The van der Waals surface area contributed by atoms with Crippen LogP contribution in [0.4, 0.5) is 0 Å². The fourth-order valence-corrected chi connectivity index (χ4v) is 3.70. The van der Waals surface area contributed by atoms with Crippen LogP contribution in [0.2, 0.25) is 0 Å². The minimum atomic E-state index is -0.113. The van der Waals surface area contributed by atoms with E-state index in [0.29, 0.717) is 29.4 Å². The number of rotatable bonds is 4. The topological polar surface area (TPSA) is 35.5 Å². The molecule has 3 aromatic rings. The quantitative estimate of drug-likeness (QED) is 0.374. The van der Waals surface area contributed by atoms with Crippen molar-refractivity contribution in [1.29, 1.82) is 0 Å². The fraction of sp³-hybridized carbons (Fsp3) is 0.0870. The number of allylic oxidation sites excluding steroid dienone is 1. The third kappa shape index (κ3) is 3.91. The lowest BCUT2D eigenvalue weighted by Gasteiger charge is -2.11. The lowest BCUT2D eigenvalue weighted by molar-refractivity contribution is 0.101. The molecule has 0 spiro atoms. The molecule has 4 rings (SSSR count). The Morgan fingerprint density at radius 2 is 1.79 bits per heavy atom. The van der Waals surface area contributed by atoms with E-state index < -0.39 is 0 Å². The average molecular weight is 500 g/mol. The van der Waals surface area contributed by atoms with Crippen LogP contribution in [0.3, 0.4) is 0 Å². The van der Waals surface area contributed by atoms with Gasteiger partial charge in [0, 0.05) is 14.5 Å². The largest absolute Gasteiger partial charge is 0.488 e. The minimum Gasteiger partial charge on any atom is -0.488 e. The molecule has 0 fully saturated rings. The molecule has 0 atom stereocenters. The summed E-state index contributed by atoms with van der Waals surface area (Å²) in [5, 5.41) is 0. The molecule has 3 nitrogen and oxygen atoms in total. The van der Waals surface area contributed by atoms with Crippen LogP contribution >= 0.6 is 31.9 Å². The molecule has 28 heavy (non-hydrogen) atoms. The van der Waals surface area contributed by atoms with E-state index in [-0.39, 0.29) is 5.78 Å². The van der Waals surface area contributed by atoms with Gasteiger partial charge in [0.2, 0.25) is 5.78 Å². The zero-order valence-electron chi connectivity index (χ0n) is 15.0. The first-order valence-electron chi connectivity index (χ1n) is 8.72. The van der Waals surface area contributed by atoms with Gasteiger partial charge in [0.25, 0.3) is 0 Å². The molecule has 1 aliphatic rings. The molecule has 140 valence electrons. The van der Waals surface area contributed by atoms with Gasteiger partial charge in [0.1, 0.15) is 18.1 Å². The predicted octanol–water partition coefficient (Wildman–Crippen LogP) is 6.72. The third-order valence-corrected chi connectivity index (χ3v) is 5.51. The van der Waals surface area contributed by atoms with Crippen LogP contribution in [0.5, 0.6) is 11.5 Å². The van der Waals surface area contributed by atoms with E-state index >= 15 is 0 Å². The van der Waals surface area contributed by atoms with Gasteiger partial charge in [0.05, 0.1) is 5.56 Å². The first-order valence-corrected chi connectivity index (χ1v) is 10.3. The van der Waals surface area contributed by atoms with Crippen LogP contribution < -0.4 is 9.47 Å². The first kappa shape index (κ1) is 19.0. The zero-order chi connectivity index (χ0) is 19.7. The van der Waals surface area contributed by atoms with Crippen molar-refractivity contribution >= 4 is 43.7 Å². The van der Waals surface area contributed by atoms with Crippen molar-refractivity contribution in [3.63, 3.8) is 0 Å². The van der Waals surface area contributed by atoms with Crippen LogP contribution in [-0.4, -0.2) is 5.78 Å². The monoisotopic (exact) mass is 498 g/mol. The van der Waals surface area contributed by atoms with Crippen LogP contribution in [0.15, 0.2) is 75.4 Å². The summed E-state index contributed by atoms with van der Waals surface area (Å²) in [5.74, 6) is 1.48. The van der Waals surface area contributed by atoms with Gasteiger partial charge in [-0.25, -0.2) is 0 Å². The molecule has 0 unspecified atom stereocenters. The Balaban J connectivity index is 1.57. The Morgan fingerprint density at radius 3 is 2.54 bits per heavy atom. The smallest absolute Gasteiger partial charge is 0.231 e. The summed E-state index contributed by atoms with van der Waals surface area (Å²) in [6.07, 6.45) is 1.76. The number of ketones is 1. The van der Waals surface area contributed by atoms with E-state index in [9.17, 15) is 4.79 Å². The SMILES string of the molecule is Cc1c(OCc2ccc(Br)cc2)ccc2c1O/C(=C\c1cccc(Br)c1)C2=O. The van der Waals surface area contributed by atoms with E-state index in [4.69, 9.17) is 9.47 Å². The molecule has 3 aromatic carbocycles. The van der Waals surface area contributed by atoms with Gasteiger partial charge in [-0.2, -0.15) is 0 Å². The van der Waals surface area contributed by atoms with Gasteiger partial charge < -0.3 is 9.47 Å². The highest BCUT2D eigenvalue weighted by molar-refractivity contribution is 9.10. The molecular formula is C23H16Br2O3. The minimum absolute atomic E-state index is 0.113. The van der Waals surface area contributed by atoms with Crippen molar-refractivity contribution < 1.29 is 14.3 Å². The number of hydrogen-bond donors (Lipinski definition) is 0. The van der Waals surface area contributed by atoms with Gasteiger partial charge in [-0.05, 0) is 60.5 Å². The van der Waals surface area contributed by atoms with Crippen molar-refractivity contribution in [3.8, 4) is 11.5 Å². The molecule has 0 bridgehead atoms. The standard InChI is InChI=1S/C23H16Br2O3/c1-14-20(27-13-15-5-7-17(24)8-6-15)10-9-19-22(26)21(28-23(14)19)12-16-3-2-4-18(25)11-16/h2-12H,13H2,1H3/b21-12-. The summed E-state index contributed by atoms with van der Waals surface area (Å²) in [6.45, 7) is 2.35. The van der Waals surface area contributed by atoms with Gasteiger partial charge in [-0.1, -0.05) is 56.1 Å². The predicted molar refractivity (Wildman–Crippen MR) is 117 cm³/mol. The molecule has 1 aliphatic heterocycles. The molecule has 0 aromatic heterocycles. The Hall–Kier alpha value is -2.37. The van der Waals surface area contributed by atoms with Crippen LogP contribution in [0.1, 0.15) is 27.0 Å². The maximum absolute atomic E-state index is 12.7. The molecule has 0 saturated carbocycles. The van der Waals surface area contributed by atoms with Crippen LogP contribution in [0.25, 0.3) is 6.08 Å². The Bertz CT molecular complexity index is 1090. The van der Waals surface area contributed by atoms with E-state index in [0.717, 1.165) is 25.6 Å². The second-order valence-electron chi connectivity index (χ2n) is 6.48. The Morgan fingerprint density at radius 1 is 1.00 bits per heavy atom. The van der Waals surface area contributed by atoms with Crippen molar-refractivity contribution in [3.05, 3.63) is 97.6 Å². The van der Waals surface area contributed by atoms with E-state index in [2.05, 4.69) is 31.9 Å². The van der Waals surface area contributed by atoms with Crippen molar-refractivity contribution in [1.82, 2.24) is 0 Å². The number of hydrogen-bond acceptors (Lipinski definition) is 3. The molecule has 5 heteroatoms. The summed E-state index contributed by atoms with van der Waals surface area (Å²) < 4.78 is 13.9. The lowest BCUT2D eigenvalue weighted by atomic mass is 10.1. The van der Waals surface area contributed by atoms with E-state index in [1.54, 1.807) is 12.1 Å². The maximum atomic E-state index is 12.7. The second kappa shape index (κ2) is 7.94. The van der Waals surface area contributed by atoms with Gasteiger partial charge in [0.15, 0.2) is 5.76 Å². The van der Waals surface area contributed by atoms with Crippen LogP contribution in [0, 0.1) is 6.92 Å². The average Bonchev–Trinajstić information content (AvgIpc) is 2.99. The Labute approximate surface area is 180 Å². The number of carbonyl (C=O) groups is 1. The van der Waals surface area contributed by atoms with Gasteiger partial charge in [-0.3, -0.25) is 4.79 Å². The highest BCUT2D eigenvalue weighted by atomic mass is 79.9. The number of fused-ring (bicyclic) bond motifs is 1. The molecule has 1 heterocycles. The van der Waals surface area contributed by atoms with Crippen molar-refractivity contribution in [2.45, 2.75) is 13.5 Å². The Kier molecular flexibility index (Phi) is 5.38. The van der Waals surface area contributed by atoms with Gasteiger partial charge >= 0.3 is 0 Å². The number of Topliss-reactive ketones (excluding diaryl/α,β-unsaturated/α-hetero) is 1. The highest BCUT2D eigenvalue weighted by Crippen LogP contribution is 2.39. The summed E-state index contributed by atoms with van der Waals surface area (Å²) in [5.41, 5.74) is 3.35. The van der Waals surface area contributed by atoms with Crippen LogP contribution in [-0.2, 0) is 6.61 Å². The van der Waals surface area contributed by atoms with Crippen molar-refractivity contribution in [2.75, 3.05) is 0 Å². The fourth-order valence-electron chi connectivity index (χ4n) is 3.01. The summed E-state index contributed by atoms with van der Waals surface area (Å²) in [7, 11) is 0. The summed E-state index contributed by atoms with van der Waals surface area (Å²) in [6, 6.07) is 19.3. The van der Waals surface area contributed by atoms with Crippen molar-refractivity contribution in [2.24, 2.45) is 0 Å². The number of ether oxygens (including phenoxy) is 2. The lowest BCUT2D eigenvalue weighted by Crippen LogP contribution is -1.98. The number of benzene rings is 3. The second-order valence-corrected chi connectivity index (χ2v) is 8.31. The first-order chi connectivity index (χ1) is 13.5. The molecule has 0 amide bonds. The summed E-state index contributed by atoms with van der Waals surface area (Å²) in [4.78, 5) is 12.7. The highest BCUT2D eigenvalue weighted by Gasteiger charge is 2.30. The number of carbonyl (C=O) groups excluding carboxylic acids is 1. The molecular weight excluding hydrogens is 484 g/mol. The molecule has 0 saturated heterocycles. The molecule has 0 radical (unpaired) electrons. The third-order valence-electron chi connectivity index (χ3n) is 4.49. The van der Waals surface area contributed by atoms with E-state index in [1.165, 1.54) is 0 Å². The van der Waals surface area contributed by atoms with E-state index in [1.807, 2.05) is 61.5 Å². The normalized spacial score (nSPS) is 14.1. The maximum Gasteiger partial charge on any atom is 0.231 e. The zero-order valence-corrected chi connectivity index (χ0v) is 18.2. The summed E-state index contributed by atoms with van der Waals surface area (Å²) >= 11 is 6.87. The number of halogens is 2. The van der Waals surface area contributed by atoms with Gasteiger partial charge in [-0.15, -0.1) is 0 Å². The molecule has 0 N–H and O–H groups in total.